The Hall–Kier alpha value is -1.22. The van der Waals surface area contributed by atoms with Crippen molar-refractivity contribution in [2.75, 3.05) is 26.4 Å². The molecule has 0 radical (unpaired) electrons. The molecule has 0 unspecified atom stereocenters. The van der Waals surface area contributed by atoms with Gasteiger partial charge in [-0.3, -0.25) is 0 Å². The van der Waals surface area contributed by atoms with Gasteiger partial charge in [-0.15, -0.1) is 0 Å². The van der Waals surface area contributed by atoms with Gasteiger partial charge in [0.25, 0.3) is 0 Å². The number of rotatable bonds is 1. The van der Waals surface area contributed by atoms with Crippen molar-refractivity contribution in [3.8, 4) is 5.75 Å². The fourth-order valence-corrected chi connectivity index (χ4v) is 1.92. The summed E-state index contributed by atoms with van der Waals surface area (Å²) in [5, 5.41) is 0. The van der Waals surface area contributed by atoms with Gasteiger partial charge in [-0.2, -0.15) is 0 Å². The lowest BCUT2D eigenvalue weighted by atomic mass is 9.99. The highest BCUT2D eigenvalue weighted by molar-refractivity contribution is 5.57. The molecule has 0 aliphatic carbocycles. The van der Waals surface area contributed by atoms with Crippen LogP contribution in [0, 0.1) is 0 Å². The molecule has 0 bridgehead atoms. The first-order valence-corrected chi connectivity index (χ1v) is 4.84. The Morgan fingerprint density at radius 3 is 2.86 bits per heavy atom. The SMILES string of the molecule is COc1cc2c(cc1N)CCN(C)C2. The topological polar surface area (TPSA) is 38.5 Å². The summed E-state index contributed by atoms with van der Waals surface area (Å²) in [4.78, 5) is 2.30. The van der Waals surface area contributed by atoms with Gasteiger partial charge in [0.05, 0.1) is 12.8 Å². The van der Waals surface area contributed by atoms with E-state index >= 15 is 0 Å². The highest BCUT2D eigenvalue weighted by Crippen LogP contribution is 2.28. The first kappa shape index (κ1) is 9.34. The second kappa shape index (κ2) is 3.50. The molecule has 14 heavy (non-hydrogen) atoms. The number of nitrogens with zero attached hydrogens (tertiary/aromatic N) is 1. The molecule has 0 amide bonds. The van der Waals surface area contributed by atoms with Gasteiger partial charge in [-0.1, -0.05) is 0 Å². The summed E-state index contributed by atoms with van der Waals surface area (Å²) in [7, 11) is 3.79. The van der Waals surface area contributed by atoms with Gasteiger partial charge < -0.3 is 15.4 Å². The number of nitrogen functional groups attached to an aromatic ring is 1. The van der Waals surface area contributed by atoms with Crippen LogP contribution in [-0.4, -0.2) is 25.6 Å². The summed E-state index contributed by atoms with van der Waals surface area (Å²) in [5.74, 6) is 0.791. The maximum Gasteiger partial charge on any atom is 0.142 e. The lowest BCUT2D eigenvalue weighted by molar-refractivity contribution is 0.311. The van der Waals surface area contributed by atoms with Gasteiger partial charge in [-0.05, 0) is 36.7 Å². The molecule has 1 aliphatic rings. The molecule has 0 aromatic heterocycles. The predicted octanol–water partition coefficient (Wildman–Crippen LogP) is 1.27. The molecule has 1 aromatic rings. The number of likely N-dealkylation sites (N-methyl/N-ethyl adjacent to an activating group) is 1. The van der Waals surface area contributed by atoms with E-state index in [9.17, 15) is 0 Å². The lowest BCUT2D eigenvalue weighted by Gasteiger charge is -2.25. The van der Waals surface area contributed by atoms with E-state index in [0.717, 1.165) is 30.9 Å². The van der Waals surface area contributed by atoms with Gasteiger partial charge in [0.2, 0.25) is 0 Å². The molecule has 0 atom stereocenters. The summed E-state index contributed by atoms with van der Waals surface area (Å²) >= 11 is 0. The summed E-state index contributed by atoms with van der Waals surface area (Å²) in [6.07, 6.45) is 1.08. The molecular formula is C11H16N2O. The Labute approximate surface area is 84.5 Å². The number of anilines is 1. The third kappa shape index (κ3) is 1.55. The minimum absolute atomic E-state index is 0.746. The van der Waals surface area contributed by atoms with Crippen LogP contribution in [0.25, 0.3) is 0 Å². The zero-order valence-electron chi connectivity index (χ0n) is 8.71. The number of fused-ring (bicyclic) bond motifs is 1. The van der Waals surface area contributed by atoms with E-state index in [-0.39, 0.29) is 0 Å². The van der Waals surface area contributed by atoms with Crippen LogP contribution in [0.3, 0.4) is 0 Å². The van der Waals surface area contributed by atoms with Crippen LogP contribution >= 0.6 is 0 Å². The molecule has 1 aliphatic heterocycles. The van der Waals surface area contributed by atoms with E-state index < -0.39 is 0 Å². The van der Waals surface area contributed by atoms with Gasteiger partial charge in [0.1, 0.15) is 5.75 Å². The summed E-state index contributed by atoms with van der Waals surface area (Å²) in [5.41, 5.74) is 9.30. The number of benzene rings is 1. The number of hydrogen-bond donors (Lipinski definition) is 1. The third-order valence-corrected chi connectivity index (χ3v) is 2.76. The molecule has 2 N–H and O–H groups in total. The monoisotopic (exact) mass is 192 g/mol. The first-order valence-electron chi connectivity index (χ1n) is 4.84. The molecule has 0 saturated carbocycles. The van der Waals surface area contributed by atoms with Gasteiger partial charge in [-0.25, -0.2) is 0 Å². The summed E-state index contributed by atoms with van der Waals surface area (Å²) < 4.78 is 5.20. The third-order valence-electron chi connectivity index (χ3n) is 2.76. The Kier molecular flexibility index (Phi) is 2.33. The second-order valence-electron chi connectivity index (χ2n) is 3.85. The van der Waals surface area contributed by atoms with E-state index in [1.807, 2.05) is 6.07 Å². The van der Waals surface area contributed by atoms with Crippen LogP contribution in [0.2, 0.25) is 0 Å². The Morgan fingerprint density at radius 2 is 2.14 bits per heavy atom. The van der Waals surface area contributed by atoms with Crippen molar-refractivity contribution in [1.82, 2.24) is 4.90 Å². The Bertz CT molecular complexity index is 349. The molecule has 2 rings (SSSR count). The largest absolute Gasteiger partial charge is 0.495 e. The van der Waals surface area contributed by atoms with Gasteiger partial charge in [0.15, 0.2) is 0 Å². The molecule has 3 heteroatoms. The van der Waals surface area contributed by atoms with Crippen LogP contribution in [0.15, 0.2) is 12.1 Å². The van der Waals surface area contributed by atoms with Gasteiger partial charge >= 0.3 is 0 Å². The maximum atomic E-state index is 5.85. The molecular weight excluding hydrogens is 176 g/mol. The smallest absolute Gasteiger partial charge is 0.142 e. The van der Waals surface area contributed by atoms with Crippen molar-refractivity contribution in [3.05, 3.63) is 23.3 Å². The predicted molar refractivity (Wildman–Crippen MR) is 57.4 cm³/mol. The van der Waals surface area contributed by atoms with Gasteiger partial charge in [0, 0.05) is 13.1 Å². The van der Waals surface area contributed by atoms with E-state index in [1.54, 1.807) is 7.11 Å². The van der Waals surface area contributed by atoms with Crippen LogP contribution in [0.4, 0.5) is 5.69 Å². The number of methoxy groups -OCH3 is 1. The molecule has 76 valence electrons. The van der Waals surface area contributed by atoms with Crippen molar-refractivity contribution < 1.29 is 4.74 Å². The van der Waals surface area contributed by atoms with Crippen molar-refractivity contribution in [2.24, 2.45) is 0 Å². The highest BCUT2D eigenvalue weighted by atomic mass is 16.5. The van der Waals surface area contributed by atoms with E-state index in [1.165, 1.54) is 11.1 Å². The fourth-order valence-electron chi connectivity index (χ4n) is 1.92. The van der Waals surface area contributed by atoms with E-state index in [2.05, 4.69) is 18.0 Å². The maximum absolute atomic E-state index is 5.85. The fraction of sp³-hybridized carbons (Fsp3) is 0.455. The molecule has 0 fully saturated rings. The zero-order chi connectivity index (χ0) is 10.1. The lowest BCUT2D eigenvalue weighted by Crippen LogP contribution is -2.26. The Morgan fingerprint density at radius 1 is 1.36 bits per heavy atom. The molecule has 0 spiro atoms. The van der Waals surface area contributed by atoms with Crippen molar-refractivity contribution in [1.29, 1.82) is 0 Å². The minimum Gasteiger partial charge on any atom is -0.495 e. The quantitative estimate of drug-likeness (QED) is 0.681. The van der Waals surface area contributed by atoms with Crippen LogP contribution < -0.4 is 10.5 Å². The zero-order valence-corrected chi connectivity index (χ0v) is 8.71. The second-order valence-corrected chi connectivity index (χ2v) is 3.85. The highest BCUT2D eigenvalue weighted by Gasteiger charge is 2.15. The summed E-state index contributed by atoms with van der Waals surface area (Å²) in [6, 6.07) is 4.10. The Balaban J connectivity index is 2.41. The normalized spacial score (nSPS) is 16.4. The van der Waals surface area contributed by atoms with Crippen LogP contribution in [0.5, 0.6) is 5.75 Å². The number of nitrogens with two attached hydrogens (primary N) is 1. The number of hydrogen-bond acceptors (Lipinski definition) is 3. The van der Waals surface area contributed by atoms with E-state index in [4.69, 9.17) is 10.5 Å². The first-order chi connectivity index (χ1) is 6.70. The van der Waals surface area contributed by atoms with Crippen molar-refractivity contribution >= 4 is 5.69 Å². The van der Waals surface area contributed by atoms with E-state index in [0.29, 0.717) is 0 Å². The molecule has 0 saturated heterocycles. The van der Waals surface area contributed by atoms with Crippen molar-refractivity contribution in [2.45, 2.75) is 13.0 Å². The number of ether oxygens (including phenoxy) is 1. The molecule has 1 heterocycles. The summed E-state index contributed by atoms with van der Waals surface area (Å²) in [6.45, 7) is 2.10. The molecule has 3 nitrogen and oxygen atoms in total. The standard InChI is InChI=1S/C11H16N2O/c1-13-4-3-8-5-10(12)11(14-2)6-9(8)7-13/h5-6H,3-4,7,12H2,1-2H3. The molecule has 1 aromatic carbocycles. The average Bonchev–Trinajstić information content (AvgIpc) is 2.17. The minimum atomic E-state index is 0.746. The van der Waals surface area contributed by atoms with Crippen molar-refractivity contribution in [3.63, 3.8) is 0 Å². The van der Waals surface area contributed by atoms with Crippen LogP contribution in [-0.2, 0) is 13.0 Å². The van der Waals surface area contributed by atoms with Crippen LogP contribution in [0.1, 0.15) is 11.1 Å². The average molecular weight is 192 g/mol.